The summed E-state index contributed by atoms with van der Waals surface area (Å²) in [4.78, 5) is 18.3. The number of rotatable bonds is 2. The average Bonchev–Trinajstić information content (AvgIpc) is 2.67. The van der Waals surface area contributed by atoms with Crippen LogP contribution in [-0.4, -0.2) is 34.6 Å². The van der Waals surface area contributed by atoms with E-state index >= 15 is 0 Å². The lowest BCUT2D eigenvalue weighted by molar-refractivity contribution is 0.111. The van der Waals surface area contributed by atoms with Crippen molar-refractivity contribution in [3.63, 3.8) is 0 Å². The number of fused-ring (bicyclic) bond motifs is 2. The smallest absolute Gasteiger partial charge is 0.168 e. The number of pyridine rings is 2. The molecule has 4 rings (SSSR count). The minimum atomic E-state index is 0.00722. The van der Waals surface area contributed by atoms with Crippen LogP contribution < -0.4 is 9.47 Å². The summed E-state index contributed by atoms with van der Waals surface area (Å²) in [5.74, 6) is 1.70. The van der Waals surface area contributed by atoms with Crippen molar-refractivity contribution in [1.29, 1.82) is 0 Å². The fourth-order valence-corrected chi connectivity index (χ4v) is 2.73. The van der Waals surface area contributed by atoms with Crippen LogP contribution in [0, 0.1) is 0 Å². The summed E-state index contributed by atoms with van der Waals surface area (Å²) in [6.45, 7) is 1.55. The monoisotopic (exact) mass is 328 g/mol. The van der Waals surface area contributed by atoms with E-state index in [4.69, 9.17) is 14.6 Å². The minimum Gasteiger partial charge on any atom is -0.492 e. The van der Waals surface area contributed by atoms with Crippen LogP contribution in [0.2, 0.25) is 0 Å². The molecule has 0 fully saturated rings. The number of hydrogen-bond acceptors (Lipinski definition) is 6. The lowest BCUT2D eigenvalue weighted by Crippen LogP contribution is -2.09. The molecule has 0 aromatic carbocycles. The molecule has 2 aromatic heterocycles. The molecule has 6 heteroatoms. The Balaban J connectivity index is 0.000000141. The van der Waals surface area contributed by atoms with Crippen molar-refractivity contribution in [3.05, 3.63) is 47.0 Å². The Kier molecular flexibility index (Phi) is 5.38. The molecule has 0 spiro atoms. The number of nitrogens with zero attached hydrogens (tertiary/aromatic N) is 2. The molecule has 0 saturated heterocycles. The molecular weight excluding hydrogens is 308 g/mol. The number of ether oxygens (including phenoxy) is 2. The number of aliphatic hydroxyl groups excluding tert-OH is 1. The molecule has 0 amide bonds. The third-order valence-corrected chi connectivity index (χ3v) is 3.95. The number of carbonyl (C=O) groups excluding carboxylic acids is 1. The molecule has 6 nitrogen and oxygen atoms in total. The van der Waals surface area contributed by atoms with Crippen molar-refractivity contribution in [2.45, 2.75) is 32.3 Å². The number of aldehydes is 1. The summed E-state index contributed by atoms with van der Waals surface area (Å²) in [6, 6.07) is 3.70. The predicted molar refractivity (Wildman–Crippen MR) is 87.4 cm³/mol. The summed E-state index contributed by atoms with van der Waals surface area (Å²) < 4.78 is 10.7. The second kappa shape index (κ2) is 7.88. The quantitative estimate of drug-likeness (QED) is 0.851. The van der Waals surface area contributed by atoms with Crippen molar-refractivity contribution in [2.75, 3.05) is 13.2 Å². The van der Waals surface area contributed by atoms with E-state index in [2.05, 4.69) is 9.97 Å². The minimum absolute atomic E-state index is 0.00722. The van der Waals surface area contributed by atoms with Crippen molar-refractivity contribution >= 4 is 6.29 Å². The van der Waals surface area contributed by atoms with Gasteiger partial charge in [-0.15, -0.1) is 0 Å². The number of hydrogen-bond donors (Lipinski definition) is 1. The van der Waals surface area contributed by atoms with Crippen LogP contribution in [0.4, 0.5) is 0 Å². The van der Waals surface area contributed by atoms with E-state index in [1.165, 1.54) is 5.56 Å². The third kappa shape index (κ3) is 3.89. The lowest BCUT2D eigenvalue weighted by Gasteiger charge is -2.16. The highest BCUT2D eigenvalue weighted by molar-refractivity contribution is 5.72. The zero-order chi connectivity index (χ0) is 16.8. The van der Waals surface area contributed by atoms with Crippen molar-refractivity contribution in [2.24, 2.45) is 0 Å². The average molecular weight is 328 g/mol. The molecule has 0 radical (unpaired) electrons. The van der Waals surface area contributed by atoms with Crippen molar-refractivity contribution in [3.8, 4) is 11.5 Å². The maximum atomic E-state index is 10.4. The second-order valence-electron chi connectivity index (χ2n) is 5.68. The summed E-state index contributed by atoms with van der Waals surface area (Å²) in [5.41, 5.74) is 3.47. The van der Waals surface area contributed by atoms with E-state index in [1.807, 2.05) is 6.07 Å². The molecule has 0 atom stereocenters. The molecule has 4 heterocycles. The Hall–Kier alpha value is -2.47. The maximum absolute atomic E-state index is 10.4. The van der Waals surface area contributed by atoms with E-state index in [0.717, 1.165) is 67.9 Å². The number of carbonyl (C=O) groups is 1. The Morgan fingerprint density at radius 3 is 2.25 bits per heavy atom. The second-order valence-corrected chi connectivity index (χ2v) is 5.68. The van der Waals surface area contributed by atoms with Gasteiger partial charge in [0, 0.05) is 0 Å². The van der Waals surface area contributed by atoms with Crippen molar-refractivity contribution in [1.82, 2.24) is 9.97 Å². The van der Waals surface area contributed by atoms with Gasteiger partial charge in [-0.2, -0.15) is 0 Å². The SMILES string of the molecule is O=Cc1cc2c(cn1)OCCC2.OCc1cc2c(cn1)OCCC2. The van der Waals surface area contributed by atoms with Gasteiger partial charge in [-0.25, -0.2) is 4.98 Å². The van der Waals surface area contributed by atoms with Crippen LogP contribution in [0.1, 0.15) is 40.2 Å². The van der Waals surface area contributed by atoms with Crippen LogP contribution >= 0.6 is 0 Å². The first-order valence-corrected chi connectivity index (χ1v) is 8.08. The molecule has 2 aromatic rings. The van der Waals surface area contributed by atoms with Gasteiger partial charge in [0.1, 0.15) is 17.2 Å². The standard InChI is InChI=1S/C9H11NO2.C9H9NO2/c2*11-6-8-4-7-2-1-3-12-9(7)5-10-8/h4-5,11H,1-3,6H2;4-6H,1-3H2. The van der Waals surface area contributed by atoms with Gasteiger partial charge in [0.25, 0.3) is 0 Å². The Labute approximate surface area is 140 Å². The molecule has 0 bridgehead atoms. The highest BCUT2D eigenvalue weighted by atomic mass is 16.5. The normalized spacial score (nSPS) is 14.9. The molecule has 0 saturated carbocycles. The molecule has 1 N–H and O–H groups in total. The largest absolute Gasteiger partial charge is 0.492 e. The predicted octanol–water partition coefficient (Wildman–Crippen LogP) is 2.12. The maximum Gasteiger partial charge on any atom is 0.168 e. The van der Waals surface area contributed by atoms with Crippen molar-refractivity contribution < 1.29 is 19.4 Å². The Bertz CT molecular complexity index is 718. The van der Waals surface area contributed by atoms with E-state index in [9.17, 15) is 4.79 Å². The molecule has 126 valence electrons. The zero-order valence-corrected chi connectivity index (χ0v) is 13.4. The highest BCUT2D eigenvalue weighted by Crippen LogP contribution is 2.24. The number of aryl methyl sites for hydroxylation is 2. The first kappa shape index (κ1) is 16.4. The third-order valence-electron chi connectivity index (χ3n) is 3.95. The van der Waals surface area contributed by atoms with Crippen LogP contribution in [0.25, 0.3) is 0 Å². The van der Waals surface area contributed by atoms with E-state index in [0.29, 0.717) is 5.69 Å². The molecule has 0 unspecified atom stereocenters. The number of aromatic nitrogens is 2. The lowest BCUT2D eigenvalue weighted by atomic mass is 10.1. The number of aliphatic hydroxyl groups is 1. The zero-order valence-electron chi connectivity index (χ0n) is 13.4. The molecule has 2 aliphatic heterocycles. The Morgan fingerprint density at radius 1 is 1.00 bits per heavy atom. The van der Waals surface area contributed by atoms with E-state index in [-0.39, 0.29) is 6.61 Å². The van der Waals surface area contributed by atoms with E-state index in [1.54, 1.807) is 18.5 Å². The summed E-state index contributed by atoms with van der Waals surface area (Å²) in [6.07, 6.45) is 8.17. The first-order valence-electron chi connectivity index (χ1n) is 8.08. The highest BCUT2D eigenvalue weighted by Gasteiger charge is 2.11. The van der Waals surface area contributed by atoms with Crippen LogP contribution in [0.15, 0.2) is 24.5 Å². The van der Waals surface area contributed by atoms with Gasteiger partial charge < -0.3 is 14.6 Å². The van der Waals surface area contributed by atoms with Gasteiger partial charge in [0.2, 0.25) is 0 Å². The van der Waals surface area contributed by atoms with Gasteiger partial charge in [-0.3, -0.25) is 9.78 Å². The Morgan fingerprint density at radius 2 is 1.62 bits per heavy atom. The first-order chi connectivity index (χ1) is 11.8. The molecular formula is C18H20N2O4. The molecule has 2 aliphatic rings. The molecule has 0 aliphatic carbocycles. The van der Waals surface area contributed by atoms with Gasteiger partial charge in [-0.05, 0) is 48.9 Å². The fourth-order valence-electron chi connectivity index (χ4n) is 2.73. The van der Waals surface area contributed by atoms with E-state index < -0.39 is 0 Å². The molecule has 24 heavy (non-hydrogen) atoms. The van der Waals surface area contributed by atoms with Gasteiger partial charge in [0.05, 0.1) is 37.9 Å². The fraction of sp³-hybridized carbons (Fsp3) is 0.389. The topological polar surface area (TPSA) is 81.5 Å². The van der Waals surface area contributed by atoms with Crippen LogP contribution in [-0.2, 0) is 19.4 Å². The summed E-state index contributed by atoms with van der Waals surface area (Å²) in [5, 5.41) is 8.84. The van der Waals surface area contributed by atoms with Gasteiger partial charge in [0.15, 0.2) is 6.29 Å². The van der Waals surface area contributed by atoms with Crippen LogP contribution in [0.3, 0.4) is 0 Å². The van der Waals surface area contributed by atoms with Gasteiger partial charge in [-0.1, -0.05) is 0 Å². The van der Waals surface area contributed by atoms with Gasteiger partial charge >= 0.3 is 0 Å². The summed E-state index contributed by atoms with van der Waals surface area (Å²) in [7, 11) is 0. The van der Waals surface area contributed by atoms with Crippen LogP contribution in [0.5, 0.6) is 11.5 Å². The summed E-state index contributed by atoms with van der Waals surface area (Å²) >= 11 is 0.